The van der Waals surface area contributed by atoms with Gasteiger partial charge in [-0.2, -0.15) is 5.10 Å². The molecule has 0 aromatic carbocycles. The normalized spacial score (nSPS) is 15.2. The van der Waals surface area contributed by atoms with Crippen LogP contribution in [0.2, 0.25) is 0 Å². The molecule has 0 fully saturated rings. The highest BCUT2D eigenvalue weighted by Gasteiger charge is 2.06. The molecule has 0 radical (unpaired) electrons. The number of rotatable bonds is 6. The first-order valence-electron chi connectivity index (χ1n) is 5.82. The Morgan fingerprint density at radius 3 is 2.73 bits per heavy atom. The van der Waals surface area contributed by atoms with E-state index in [1.165, 1.54) is 18.4 Å². The molecule has 0 saturated carbocycles. The Balaban J connectivity index is 2.25. The molecule has 15 heavy (non-hydrogen) atoms. The van der Waals surface area contributed by atoms with Crippen LogP contribution >= 0.6 is 0 Å². The zero-order valence-electron chi connectivity index (χ0n) is 10.3. The lowest BCUT2D eigenvalue weighted by Gasteiger charge is -2.16. The van der Waals surface area contributed by atoms with E-state index in [4.69, 9.17) is 0 Å². The molecule has 2 atom stereocenters. The van der Waals surface area contributed by atoms with Gasteiger partial charge in [-0.15, -0.1) is 0 Å². The van der Waals surface area contributed by atoms with Crippen molar-refractivity contribution in [1.82, 2.24) is 15.1 Å². The zero-order chi connectivity index (χ0) is 11.3. The van der Waals surface area contributed by atoms with E-state index < -0.39 is 0 Å². The van der Waals surface area contributed by atoms with Gasteiger partial charge in [0.2, 0.25) is 0 Å². The van der Waals surface area contributed by atoms with Gasteiger partial charge < -0.3 is 5.32 Å². The molecule has 2 unspecified atom stereocenters. The van der Waals surface area contributed by atoms with Crippen molar-refractivity contribution >= 4 is 0 Å². The van der Waals surface area contributed by atoms with Crippen molar-refractivity contribution in [2.75, 3.05) is 0 Å². The first-order valence-corrected chi connectivity index (χ1v) is 5.82. The third-order valence-corrected chi connectivity index (χ3v) is 2.87. The summed E-state index contributed by atoms with van der Waals surface area (Å²) in [5.41, 5.74) is 1.26. The highest BCUT2D eigenvalue weighted by Crippen LogP contribution is 2.09. The summed E-state index contributed by atoms with van der Waals surface area (Å²) in [4.78, 5) is 0. The van der Waals surface area contributed by atoms with Gasteiger partial charge in [-0.1, -0.05) is 20.3 Å². The van der Waals surface area contributed by atoms with Gasteiger partial charge in [-0.05, 0) is 19.3 Å². The number of hydrogen-bond acceptors (Lipinski definition) is 2. The zero-order valence-corrected chi connectivity index (χ0v) is 10.3. The van der Waals surface area contributed by atoms with Gasteiger partial charge >= 0.3 is 0 Å². The van der Waals surface area contributed by atoms with E-state index in [1.54, 1.807) is 0 Å². The van der Waals surface area contributed by atoms with Crippen LogP contribution in [0.3, 0.4) is 0 Å². The highest BCUT2D eigenvalue weighted by molar-refractivity contribution is 5.02. The first-order chi connectivity index (χ1) is 7.11. The summed E-state index contributed by atoms with van der Waals surface area (Å²) in [6.45, 7) is 7.73. The third kappa shape index (κ3) is 4.47. The quantitative estimate of drug-likeness (QED) is 0.779. The van der Waals surface area contributed by atoms with Crippen LogP contribution in [0.5, 0.6) is 0 Å². The fraction of sp³-hybridized carbons (Fsp3) is 0.750. The topological polar surface area (TPSA) is 29.9 Å². The van der Waals surface area contributed by atoms with Gasteiger partial charge in [-0.3, -0.25) is 4.68 Å². The summed E-state index contributed by atoms with van der Waals surface area (Å²) in [5.74, 6) is 0.807. The molecule has 0 amide bonds. The van der Waals surface area contributed by atoms with Crippen LogP contribution in [0.15, 0.2) is 12.4 Å². The second kappa shape index (κ2) is 5.91. The van der Waals surface area contributed by atoms with Crippen LogP contribution in [-0.4, -0.2) is 15.8 Å². The molecule has 0 aliphatic rings. The molecule has 0 aliphatic carbocycles. The van der Waals surface area contributed by atoms with Crippen molar-refractivity contribution in [3.63, 3.8) is 0 Å². The SMILES string of the molecule is CCC(C)CC(C)NCc1cnn(C)c1. The Hall–Kier alpha value is -0.830. The van der Waals surface area contributed by atoms with Crippen LogP contribution in [0.4, 0.5) is 0 Å². The summed E-state index contributed by atoms with van der Waals surface area (Å²) < 4.78 is 1.84. The molecular formula is C12H23N3. The van der Waals surface area contributed by atoms with Gasteiger partial charge in [0.05, 0.1) is 6.20 Å². The standard InChI is InChI=1S/C12H23N3/c1-5-10(2)6-11(3)13-7-12-8-14-15(4)9-12/h8-11,13H,5-7H2,1-4H3. The number of nitrogens with zero attached hydrogens (tertiary/aromatic N) is 2. The predicted molar refractivity (Wildman–Crippen MR) is 63.6 cm³/mol. The fourth-order valence-corrected chi connectivity index (χ4v) is 1.71. The van der Waals surface area contributed by atoms with Crippen LogP contribution < -0.4 is 5.32 Å². The Morgan fingerprint density at radius 2 is 2.20 bits per heavy atom. The Bertz CT molecular complexity index is 280. The summed E-state index contributed by atoms with van der Waals surface area (Å²) in [6, 6.07) is 0.583. The molecule has 0 saturated heterocycles. The summed E-state index contributed by atoms with van der Waals surface area (Å²) in [6.07, 6.45) is 6.49. The monoisotopic (exact) mass is 209 g/mol. The average molecular weight is 209 g/mol. The Morgan fingerprint density at radius 1 is 1.47 bits per heavy atom. The molecular weight excluding hydrogens is 186 g/mol. The molecule has 0 aliphatic heterocycles. The van der Waals surface area contributed by atoms with Gasteiger partial charge in [-0.25, -0.2) is 0 Å². The summed E-state index contributed by atoms with van der Waals surface area (Å²) in [5, 5.41) is 7.67. The van der Waals surface area contributed by atoms with Gasteiger partial charge in [0.25, 0.3) is 0 Å². The third-order valence-electron chi connectivity index (χ3n) is 2.87. The summed E-state index contributed by atoms with van der Waals surface area (Å²) >= 11 is 0. The van der Waals surface area contributed by atoms with E-state index in [2.05, 4.69) is 37.4 Å². The van der Waals surface area contributed by atoms with Crippen LogP contribution in [0.25, 0.3) is 0 Å². The molecule has 86 valence electrons. The number of hydrogen-bond donors (Lipinski definition) is 1. The minimum Gasteiger partial charge on any atom is -0.310 e. The predicted octanol–water partition coefficient (Wildman–Crippen LogP) is 2.33. The van der Waals surface area contributed by atoms with Gasteiger partial charge in [0.15, 0.2) is 0 Å². The second-order valence-electron chi connectivity index (χ2n) is 4.55. The first kappa shape index (κ1) is 12.2. The maximum Gasteiger partial charge on any atom is 0.0534 e. The van der Waals surface area contributed by atoms with Crippen molar-refractivity contribution in [2.45, 2.75) is 46.2 Å². The lowest BCUT2D eigenvalue weighted by Crippen LogP contribution is -2.27. The molecule has 1 heterocycles. The van der Waals surface area contributed by atoms with Gasteiger partial charge in [0, 0.05) is 31.4 Å². The van der Waals surface area contributed by atoms with Crippen LogP contribution in [0, 0.1) is 5.92 Å². The Kier molecular flexibility index (Phi) is 4.82. The summed E-state index contributed by atoms with van der Waals surface area (Å²) in [7, 11) is 1.95. The van der Waals surface area contributed by atoms with Crippen molar-refractivity contribution in [2.24, 2.45) is 13.0 Å². The van der Waals surface area contributed by atoms with Crippen molar-refractivity contribution in [3.8, 4) is 0 Å². The van der Waals surface area contributed by atoms with E-state index in [1.807, 2.05) is 17.9 Å². The van der Waals surface area contributed by atoms with Crippen LogP contribution in [-0.2, 0) is 13.6 Å². The number of nitrogens with one attached hydrogen (secondary N) is 1. The fourth-order valence-electron chi connectivity index (χ4n) is 1.71. The van der Waals surface area contributed by atoms with Crippen molar-refractivity contribution < 1.29 is 0 Å². The second-order valence-corrected chi connectivity index (χ2v) is 4.55. The maximum atomic E-state index is 4.15. The molecule has 1 aromatic rings. The van der Waals surface area contributed by atoms with E-state index in [0.29, 0.717) is 6.04 Å². The molecule has 0 bridgehead atoms. The van der Waals surface area contributed by atoms with Crippen LogP contribution in [0.1, 0.15) is 39.2 Å². The Labute approximate surface area is 92.9 Å². The largest absolute Gasteiger partial charge is 0.310 e. The number of aryl methyl sites for hydroxylation is 1. The smallest absolute Gasteiger partial charge is 0.0534 e. The molecule has 3 nitrogen and oxygen atoms in total. The number of aromatic nitrogens is 2. The molecule has 1 N–H and O–H groups in total. The van der Waals surface area contributed by atoms with E-state index in [-0.39, 0.29) is 0 Å². The molecule has 3 heteroatoms. The van der Waals surface area contributed by atoms with Crippen molar-refractivity contribution in [3.05, 3.63) is 18.0 Å². The van der Waals surface area contributed by atoms with E-state index >= 15 is 0 Å². The minimum absolute atomic E-state index is 0.583. The highest BCUT2D eigenvalue weighted by atomic mass is 15.2. The lowest BCUT2D eigenvalue weighted by molar-refractivity contribution is 0.412. The van der Waals surface area contributed by atoms with E-state index in [0.717, 1.165) is 12.5 Å². The van der Waals surface area contributed by atoms with Crippen molar-refractivity contribution in [1.29, 1.82) is 0 Å². The lowest BCUT2D eigenvalue weighted by atomic mass is 10.0. The maximum absolute atomic E-state index is 4.15. The molecule has 1 aromatic heterocycles. The molecule has 1 rings (SSSR count). The molecule has 0 spiro atoms. The van der Waals surface area contributed by atoms with E-state index in [9.17, 15) is 0 Å². The van der Waals surface area contributed by atoms with Gasteiger partial charge in [0.1, 0.15) is 0 Å². The average Bonchev–Trinajstić information content (AvgIpc) is 2.61. The minimum atomic E-state index is 0.583.